The van der Waals surface area contributed by atoms with Gasteiger partial charge in [0.2, 0.25) is 5.82 Å². The lowest BCUT2D eigenvalue weighted by molar-refractivity contribution is 0.00326. The van der Waals surface area contributed by atoms with Gasteiger partial charge < -0.3 is 13.8 Å². The van der Waals surface area contributed by atoms with E-state index in [1.165, 1.54) is 12.1 Å². The lowest BCUT2D eigenvalue weighted by Crippen LogP contribution is -2.20. The molecular weight excluding hydrogens is 349 g/mol. The summed E-state index contributed by atoms with van der Waals surface area (Å²) in [5.74, 6) is 0.474. The van der Waals surface area contributed by atoms with Crippen LogP contribution in [0.2, 0.25) is 0 Å². The molecule has 7 nitrogen and oxygen atoms in total. The Morgan fingerprint density at radius 1 is 1.07 bits per heavy atom. The van der Waals surface area contributed by atoms with Gasteiger partial charge in [-0.3, -0.25) is 4.98 Å². The zero-order valence-corrected chi connectivity index (χ0v) is 14.1. The van der Waals surface area contributed by atoms with Crippen LogP contribution >= 0.6 is 0 Å². The summed E-state index contributed by atoms with van der Waals surface area (Å²) < 4.78 is 26.5. The van der Waals surface area contributed by atoms with Gasteiger partial charge in [-0.25, -0.2) is 9.37 Å². The topological polar surface area (TPSA) is 78.9 Å². The second kappa shape index (κ2) is 6.40. The van der Waals surface area contributed by atoms with Crippen LogP contribution in [0.25, 0.3) is 23.1 Å². The van der Waals surface area contributed by atoms with Crippen LogP contribution in [0.5, 0.6) is 0 Å². The third kappa shape index (κ3) is 2.89. The zero-order chi connectivity index (χ0) is 18.2. The number of aromatic nitrogens is 5. The summed E-state index contributed by atoms with van der Waals surface area (Å²) in [4.78, 5) is 13.0. The van der Waals surface area contributed by atoms with Crippen molar-refractivity contribution in [3.63, 3.8) is 0 Å². The van der Waals surface area contributed by atoms with E-state index in [2.05, 4.69) is 20.1 Å². The first kappa shape index (κ1) is 15.8. The molecule has 0 N–H and O–H groups in total. The molecule has 0 aliphatic carbocycles. The quantitative estimate of drug-likeness (QED) is 0.555. The normalized spacial score (nSPS) is 16.3. The maximum Gasteiger partial charge on any atom is 0.278 e. The van der Waals surface area contributed by atoms with Crippen LogP contribution < -0.4 is 0 Å². The minimum absolute atomic E-state index is 0.160. The average molecular weight is 363 g/mol. The van der Waals surface area contributed by atoms with Crippen molar-refractivity contribution < 1.29 is 13.7 Å². The van der Waals surface area contributed by atoms with Crippen LogP contribution in [0, 0.1) is 5.82 Å². The fourth-order valence-corrected chi connectivity index (χ4v) is 3.10. The molecule has 0 bridgehead atoms. The van der Waals surface area contributed by atoms with E-state index in [-0.39, 0.29) is 11.9 Å². The summed E-state index contributed by atoms with van der Waals surface area (Å²) in [6, 6.07) is 11.8. The number of benzene rings is 1. The van der Waals surface area contributed by atoms with Crippen LogP contribution in [0.15, 0.2) is 59.5 Å². The van der Waals surface area contributed by atoms with Crippen molar-refractivity contribution in [1.82, 2.24) is 24.7 Å². The molecule has 0 radical (unpaired) electrons. The van der Waals surface area contributed by atoms with Gasteiger partial charge in [-0.15, -0.1) is 0 Å². The van der Waals surface area contributed by atoms with E-state index in [0.29, 0.717) is 36.3 Å². The van der Waals surface area contributed by atoms with Crippen LogP contribution in [0.1, 0.15) is 17.4 Å². The second-order valence-electron chi connectivity index (χ2n) is 6.18. The van der Waals surface area contributed by atoms with Crippen LogP contribution in [0.4, 0.5) is 4.39 Å². The molecule has 4 aromatic rings. The number of ether oxygens (including phenoxy) is 1. The number of hydrogen-bond acceptors (Lipinski definition) is 6. The van der Waals surface area contributed by atoms with Gasteiger partial charge in [0.05, 0.1) is 25.2 Å². The maximum absolute atomic E-state index is 13.1. The molecule has 27 heavy (non-hydrogen) atoms. The van der Waals surface area contributed by atoms with Crippen molar-refractivity contribution in [1.29, 1.82) is 0 Å². The Kier molecular flexibility index (Phi) is 3.75. The SMILES string of the molecule is Fc1ccc(C2Cn3cnc(-c4nc(-c5ccccn5)no4)c3CO2)cc1. The molecule has 1 atom stereocenters. The Balaban J connectivity index is 1.42. The van der Waals surface area contributed by atoms with Gasteiger partial charge in [0.1, 0.15) is 17.6 Å². The fraction of sp³-hybridized carbons (Fsp3) is 0.158. The molecule has 1 aliphatic rings. The Labute approximate surface area is 153 Å². The van der Waals surface area contributed by atoms with Crippen LogP contribution in [-0.2, 0) is 17.9 Å². The van der Waals surface area contributed by atoms with E-state index in [1.807, 2.05) is 22.8 Å². The molecule has 4 heterocycles. The maximum atomic E-state index is 13.1. The molecule has 0 saturated heterocycles. The van der Waals surface area contributed by atoms with Gasteiger partial charge in [-0.2, -0.15) is 4.98 Å². The Morgan fingerprint density at radius 3 is 2.78 bits per heavy atom. The lowest BCUT2D eigenvalue weighted by atomic mass is 10.1. The largest absolute Gasteiger partial charge is 0.365 e. The smallest absolute Gasteiger partial charge is 0.278 e. The third-order valence-corrected chi connectivity index (χ3v) is 4.49. The van der Waals surface area contributed by atoms with E-state index in [0.717, 1.165) is 11.3 Å². The highest BCUT2D eigenvalue weighted by Gasteiger charge is 2.26. The molecule has 8 heteroatoms. The zero-order valence-electron chi connectivity index (χ0n) is 14.1. The molecule has 0 saturated carbocycles. The minimum Gasteiger partial charge on any atom is -0.365 e. The summed E-state index contributed by atoms with van der Waals surface area (Å²) >= 11 is 0. The first-order chi connectivity index (χ1) is 13.3. The van der Waals surface area contributed by atoms with Gasteiger partial charge in [-0.05, 0) is 29.8 Å². The monoisotopic (exact) mass is 363 g/mol. The summed E-state index contributed by atoms with van der Waals surface area (Å²) in [5, 5.41) is 3.99. The number of rotatable bonds is 3. The Bertz CT molecular complexity index is 1080. The first-order valence-electron chi connectivity index (χ1n) is 8.44. The molecule has 134 valence electrons. The number of hydrogen-bond donors (Lipinski definition) is 0. The van der Waals surface area contributed by atoms with E-state index < -0.39 is 0 Å². The molecule has 3 aromatic heterocycles. The Morgan fingerprint density at radius 2 is 1.96 bits per heavy atom. The van der Waals surface area contributed by atoms with Gasteiger partial charge in [-0.1, -0.05) is 23.4 Å². The minimum atomic E-state index is -0.264. The van der Waals surface area contributed by atoms with Crippen LogP contribution in [0.3, 0.4) is 0 Å². The fourth-order valence-electron chi connectivity index (χ4n) is 3.10. The van der Waals surface area contributed by atoms with Crippen molar-refractivity contribution >= 4 is 0 Å². The van der Waals surface area contributed by atoms with Crippen molar-refractivity contribution in [2.75, 3.05) is 0 Å². The van der Waals surface area contributed by atoms with Crippen LogP contribution in [-0.4, -0.2) is 24.7 Å². The van der Waals surface area contributed by atoms with Crippen molar-refractivity contribution in [2.24, 2.45) is 0 Å². The predicted octanol–water partition coefficient (Wildman–Crippen LogP) is 3.41. The molecule has 0 spiro atoms. The van der Waals surface area contributed by atoms with Gasteiger partial charge in [0, 0.05) is 6.20 Å². The van der Waals surface area contributed by atoms with Gasteiger partial charge in [0.25, 0.3) is 5.89 Å². The number of fused-ring (bicyclic) bond motifs is 1. The summed E-state index contributed by atoms with van der Waals surface area (Å²) in [7, 11) is 0. The third-order valence-electron chi connectivity index (χ3n) is 4.49. The predicted molar refractivity (Wildman–Crippen MR) is 92.7 cm³/mol. The molecule has 5 rings (SSSR count). The van der Waals surface area contributed by atoms with Gasteiger partial charge in [0.15, 0.2) is 5.69 Å². The highest BCUT2D eigenvalue weighted by molar-refractivity contribution is 5.56. The van der Waals surface area contributed by atoms with E-state index in [9.17, 15) is 4.39 Å². The van der Waals surface area contributed by atoms with E-state index in [1.54, 1.807) is 24.7 Å². The number of halogens is 1. The molecule has 1 aromatic carbocycles. The average Bonchev–Trinajstić information content (AvgIpc) is 3.36. The molecule has 0 fully saturated rings. The molecular formula is C19H14FN5O2. The van der Waals surface area contributed by atoms with E-state index in [4.69, 9.17) is 9.26 Å². The lowest BCUT2D eigenvalue weighted by Gasteiger charge is -2.25. The molecule has 1 aliphatic heterocycles. The number of pyridine rings is 1. The summed E-state index contributed by atoms with van der Waals surface area (Å²) in [6.07, 6.45) is 3.24. The van der Waals surface area contributed by atoms with Crippen molar-refractivity contribution in [2.45, 2.75) is 19.3 Å². The highest BCUT2D eigenvalue weighted by atomic mass is 19.1. The summed E-state index contributed by atoms with van der Waals surface area (Å²) in [6.45, 7) is 0.924. The van der Waals surface area contributed by atoms with Gasteiger partial charge >= 0.3 is 0 Å². The Hall–Kier alpha value is -3.39. The second-order valence-corrected chi connectivity index (χ2v) is 6.18. The molecule has 0 amide bonds. The molecule has 1 unspecified atom stereocenters. The van der Waals surface area contributed by atoms with Crippen molar-refractivity contribution in [3.8, 4) is 23.1 Å². The van der Waals surface area contributed by atoms with E-state index >= 15 is 0 Å². The number of nitrogens with zero attached hydrogens (tertiary/aromatic N) is 5. The standard InChI is InChI=1S/C19H14FN5O2/c20-13-6-4-12(5-7-13)16-9-25-11-22-17(15(25)10-26-16)19-23-18(24-27-19)14-3-1-2-8-21-14/h1-8,11,16H,9-10H2. The first-order valence-corrected chi connectivity index (χ1v) is 8.44. The number of imidazole rings is 1. The highest BCUT2D eigenvalue weighted by Crippen LogP contribution is 2.31. The van der Waals surface area contributed by atoms with Crippen molar-refractivity contribution in [3.05, 3.63) is 72.1 Å². The summed E-state index contributed by atoms with van der Waals surface area (Å²) in [5.41, 5.74) is 3.02.